The molecule has 2 amide bonds. The summed E-state index contributed by atoms with van der Waals surface area (Å²) in [5.74, 6) is -1.06. The first kappa shape index (κ1) is 14.7. The van der Waals surface area contributed by atoms with Crippen molar-refractivity contribution in [1.82, 2.24) is 10.2 Å². The van der Waals surface area contributed by atoms with Crippen LogP contribution < -0.4 is 11.1 Å². The van der Waals surface area contributed by atoms with Crippen molar-refractivity contribution in [3.63, 3.8) is 0 Å². The van der Waals surface area contributed by atoms with Crippen LogP contribution in [0.25, 0.3) is 0 Å². The summed E-state index contributed by atoms with van der Waals surface area (Å²) in [6.07, 6.45) is 0.226. The highest BCUT2D eigenvalue weighted by molar-refractivity contribution is 5.74. The van der Waals surface area contributed by atoms with Crippen molar-refractivity contribution in [3.05, 3.63) is 0 Å². The highest BCUT2D eigenvalue weighted by Crippen LogP contribution is 1.93. The Morgan fingerprint density at radius 3 is 2.69 bits per heavy atom. The lowest BCUT2D eigenvalue weighted by molar-refractivity contribution is -0.138. The van der Waals surface area contributed by atoms with Crippen LogP contribution in [-0.2, 0) is 9.53 Å². The number of carboxylic acid groups (broad SMARTS) is 1. The molecular formula is C9H19N3O4. The molecule has 0 aromatic carbocycles. The van der Waals surface area contributed by atoms with Gasteiger partial charge in [-0.1, -0.05) is 0 Å². The predicted molar refractivity (Wildman–Crippen MR) is 58.1 cm³/mol. The van der Waals surface area contributed by atoms with Gasteiger partial charge in [-0.25, -0.2) is 4.79 Å². The zero-order valence-corrected chi connectivity index (χ0v) is 9.60. The van der Waals surface area contributed by atoms with E-state index in [1.165, 1.54) is 4.90 Å². The summed E-state index contributed by atoms with van der Waals surface area (Å²) in [7, 11) is 3.12. The molecule has 0 heterocycles. The van der Waals surface area contributed by atoms with Crippen LogP contribution in [0.5, 0.6) is 0 Å². The van der Waals surface area contributed by atoms with E-state index < -0.39 is 12.0 Å². The highest BCUT2D eigenvalue weighted by atomic mass is 16.5. The van der Waals surface area contributed by atoms with Gasteiger partial charge in [-0.3, -0.25) is 4.79 Å². The molecule has 7 heteroatoms. The van der Waals surface area contributed by atoms with E-state index >= 15 is 0 Å². The number of hydrogen-bond donors (Lipinski definition) is 3. The second-order valence-corrected chi connectivity index (χ2v) is 3.38. The minimum absolute atomic E-state index is 0.226. The molecule has 0 aliphatic heterocycles. The van der Waals surface area contributed by atoms with Crippen LogP contribution in [0.15, 0.2) is 0 Å². The molecular weight excluding hydrogens is 214 g/mol. The Morgan fingerprint density at radius 2 is 2.19 bits per heavy atom. The van der Waals surface area contributed by atoms with Gasteiger partial charge in [0.2, 0.25) is 0 Å². The molecule has 0 fully saturated rings. The Bertz CT molecular complexity index is 235. The fraction of sp³-hybridized carbons (Fsp3) is 0.778. The summed E-state index contributed by atoms with van der Waals surface area (Å²) in [4.78, 5) is 23.2. The number of nitrogens with zero attached hydrogens (tertiary/aromatic N) is 1. The van der Waals surface area contributed by atoms with Crippen molar-refractivity contribution in [2.75, 3.05) is 33.9 Å². The largest absolute Gasteiger partial charge is 0.480 e. The third-order valence-electron chi connectivity index (χ3n) is 2.02. The van der Waals surface area contributed by atoms with Gasteiger partial charge in [-0.05, 0) is 6.42 Å². The quantitative estimate of drug-likeness (QED) is 0.493. The maximum Gasteiger partial charge on any atom is 0.320 e. The maximum atomic E-state index is 11.4. The number of aliphatic carboxylic acids is 1. The lowest BCUT2D eigenvalue weighted by Gasteiger charge is -2.18. The number of ether oxygens (including phenoxy) is 1. The van der Waals surface area contributed by atoms with Crippen LogP contribution in [0.2, 0.25) is 0 Å². The summed E-state index contributed by atoms with van der Waals surface area (Å²) in [5.41, 5.74) is 5.31. The molecule has 0 aromatic heterocycles. The predicted octanol–water partition coefficient (Wildman–Crippen LogP) is -0.924. The van der Waals surface area contributed by atoms with Crippen LogP contribution in [-0.4, -0.2) is 61.9 Å². The van der Waals surface area contributed by atoms with Crippen molar-refractivity contribution in [2.45, 2.75) is 12.5 Å². The van der Waals surface area contributed by atoms with Crippen LogP contribution in [0.1, 0.15) is 6.42 Å². The van der Waals surface area contributed by atoms with E-state index in [0.717, 1.165) is 0 Å². The normalized spacial score (nSPS) is 11.9. The standard InChI is InChI=1S/C9H19N3O4/c1-12(5-3-7(10)8(13)14)9(15)11-4-6-16-2/h7H,3-6,10H2,1-2H3,(H,11,15)(H,13,14). The summed E-state index contributed by atoms with van der Waals surface area (Å²) in [6.45, 7) is 1.16. The van der Waals surface area contributed by atoms with Gasteiger partial charge in [0.25, 0.3) is 0 Å². The second-order valence-electron chi connectivity index (χ2n) is 3.38. The van der Waals surface area contributed by atoms with Crippen molar-refractivity contribution in [2.24, 2.45) is 5.73 Å². The van der Waals surface area contributed by atoms with E-state index in [-0.39, 0.29) is 12.5 Å². The first-order valence-electron chi connectivity index (χ1n) is 4.95. The molecule has 0 aliphatic carbocycles. The van der Waals surface area contributed by atoms with Gasteiger partial charge in [0.1, 0.15) is 6.04 Å². The number of carbonyl (C=O) groups is 2. The molecule has 94 valence electrons. The molecule has 0 rings (SSSR count). The Morgan fingerprint density at radius 1 is 1.56 bits per heavy atom. The first-order chi connectivity index (χ1) is 7.49. The molecule has 16 heavy (non-hydrogen) atoms. The van der Waals surface area contributed by atoms with Gasteiger partial charge in [-0.2, -0.15) is 0 Å². The maximum absolute atomic E-state index is 11.4. The summed E-state index contributed by atoms with van der Waals surface area (Å²) < 4.78 is 4.77. The summed E-state index contributed by atoms with van der Waals surface area (Å²) >= 11 is 0. The number of urea groups is 1. The lowest BCUT2D eigenvalue weighted by Crippen LogP contribution is -2.41. The van der Waals surface area contributed by atoms with Gasteiger partial charge in [0.15, 0.2) is 0 Å². The van der Waals surface area contributed by atoms with E-state index in [9.17, 15) is 9.59 Å². The van der Waals surface area contributed by atoms with E-state index in [4.69, 9.17) is 15.6 Å². The van der Waals surface area contributed by atoms with Crippen LogP contribution in [0.3, 0.4) is 0 Å². The van der Waals surface area contributed by atoms with Crippen molar-refractivity contribution in [1.29, 1.82) is 0 Å². The Balaban J connectivity index is 3.74. The molecule has 1 atom stereocenters. The SMILES string of the molecule is COCCNC(=O)N(C)CCC(N)C(=O)O. The third kappa shape index (κ3) is 6.20. The molecule has 4 N–H and O–H groups in total. The van der Waals surface area contributed by atoms with E-state index in [1.54, 1.807) is 14.2 Å². The molecule has 0 saturated carbocycles. The van der Waals surface area contributed by atoms with Crippen LogP contribution in [0.4, 0.5) is 4.79 Å². The number of methoxy groups -OCH3 is 1. The minimum Gasteiger partial charge on any atom is -0.480 e. The van der Waals surface area contributed by atoms with Gasteiger partial charge >= 0.3 is 12.0 Å². The number of rotatable bonds is 7. The number of nitrogens with two attached hydrogens (primary N) is 1. The first-order valence-corrected chi connectivity index (χ1v) is 4.95. The Kier molecular flexibility index (Phi) is 7.23. The Hall–Kier alpha value is -1.34. The molecule has 0 spiro atoms. The van der Waals surface area contributed by atoms with E-state index in [0.29, 0.717) is 19.7 Å². The molecule has 7 nitrogen and oxygen atoms in total. The number of amides is 2. The summed E-state index contributed by atoms with van der Waals surface area (Å²) in [5, 5.41) is 11.2. The van der Waals surface area contributed by atoms with Crippen LogP contribution >= 0.6 is 0 Å². The van der Waals surface area contributed by atoms with Gasteiger partial charge in [0.05, 0.1) is 6.61 Å². The third-order valence-corrected chi connectivity index (χ3v) is 2.02. The zero-order valence-electron chi connectivity index (χ0n) is 9.60. The minimum atomic E-state index is -1.06. The fourth-order valence-electron chi connectivity index (χ4n) is 0.953. The van der Waals surface area contributed by atoms with Gasteiger partial charge < -0.3 is 25.8 Å². The molecule has 1 unspecified atom stereocenters. The number of nitrogens with one attached hydrogen (secondary N) is 1. The van der Waals surface area contributed by atoms with Crippen molar-refractivity contribution in [3.8, 4) is 0 Å². The van der Waals surface area contributed by atoms with Crippen molar-refractivity contribution < 1.29 is 19.4 Å². The summed E-state index contributed by atoms with van der Waals surface area (Å²) in [6, 6.07) is -1.20. The fourth-order valence-corrected chi connectivity index (χ4v) is 0.953. The van der Waals surface area contributed by atoms with Gasteiger partial charge in [0, 0.05) is 27.2 Å². The number of carboxylic acids is 1. The van der Waals surface area contributed by atoms with Gasteiger partial charge in [-0.15, -0.1) is 0 Å². The lowest BCUT2D eigenvalue weighted by atomic mass is 10.2. The average molecular weight is 233 g/mol. The topological polar surface area (TPSA) is 105 Å². The van der Waals surface area contributed by atoms with E-state index in [2.05, 4.69) is 5.32 Å². The molecule has 0 aromatic rings. The van der Waals surface area contributed by atoms with Crippen molar-refractivity contribution >= 4 is 12.0 Å². The molecule has 0 saturated heterocycles. The smallest absolute Gasteiger partial charge is 0.320 e. The molecule has 0 bridgehead atoms. The van der Waals surface area contributed by atoms with E-state index in [1.807, 2.05) is 0 Å². The zero-order chi connectivity index (χ0) is 12.6. The molecule has 0 radical (unpaired) electrons. The monoisotopic (exact) mass is 233 g/mol. The number of hydrogen-bond acceptors (Lipinski definition) is 4. The number of carbonyl (C=O) groups excluding carboxylic acids is 1. The van der Waals surface area contributed by atoms with Crippen LogP contribution in [0, 0.1) is 0 Å². The molecule has 0 aliphatic rings. The second kappa shape index (κ2) is 7.89. The highest BCUT2D eigenvalue weighted by Gasteiger charge is 2.14. The Labute approximate surface area is 94.5 Å². The average Bonchev–Trinajstić information content (AvgIpc) is 2.25.